The molecule has 3 atom stereocenters. The summed E-state index contributed by atoms with van der Waals surface area (Å²) < 4.78 is 5.39. The quantitative estimate of drug-likeness (QED) is 0.0528. The topological polar surface area (TPSA) is 87.0 Å². The van der Waals surface area contributed by atoms with E-state index in [1.165, 1.54) is 83.5 Å². The molecule has 0 amide bonds. The van der Waals surface area contributed by atoms with Gasteiger partial charge in [0.2, 0.25) is 0 Å². The smallest absolute Gasteiger partial charge is 0.305 e. The van der Waals surface area contributed by atoms with Gasteiger partial charge in [-0.1, -0.05) is 155 Å². The third kappa shape index (κ3) is 30.6. The highest BCUT2D eigenvalue weighted by Crippen LogP contribution is 2.16. The molecular weight excluding hydrogens is 512 g/mol. The summed E-state index contributed by atoms with van der Waals surface area (Å²) in [6.45, 7) is 4.98. The highest BCUT2D eigenvalue weighted by atomic mass is 16.5. The number of carbonyl (C=O) groups excluding carboxylic acids is 1. The van der Waals surface area contributed by atoms with E-state index in [1.54, 1.807) is 0 Å². The van der Waals surface area contributed by atoms with Crippen molar-refractivity contribution in [2.24, 2.45) is 0 Å². The van der Waals surface area contributed by atoms with Crippen LogP contribution in [0.4, 0.5) is 0 Å². The fourth-order valence-corrected chi connectivity index (χ4v) is 5.60. The highest BCUT2D eigenvalue weighted by molar-refractivity contribution is 5.69. The van der Waals surface area contributed by atoms with Crippen molar-refractivity contribution >= 4 is 5.97 Å². The third-order valence-electron chi connectivity index (χ3n) is 8.51. The molecular formula is C36H72O5. The summed E-state index contributed by atoms with van der Waals surface area (Å²) in [6, 6.07) is 0. The second-order valence-electron chi connectivity index (χ2n) is 12.7. The number of rotatable bonds is 33. The number of aliphatic hydroxyl groups is 3. The molecule has 0 aromatic carbocycles. The molecule has 246 valence electrons. The summed E-state index contributed by atoms with van der Waals surface area (Å²) in [5.41, 5.74) is 0. The molecule has 0 bridgehead atoms. The zero-order chi connectivity index (χ0) is 30.2. The summed E-state index contributed by atoms with van der Waals surface area (Å²) in [5, 5.41) is 30.3. The number of unbranched alkanes of at least 4 members (excludes halogenated alkanes) is 20. The van der Waals surface area contributed by atoms with Gasteiger partial charge in [-0.05, 0) is 38.5 Å². The Bertz CT molecular complexity index is 526. The number of aliphatic hydroxyl groups excluding tert-OH is 3. The van der Waals surface area contributed by atoms with Gasteiger partial charge >= 0.3 is 5.97 Å². The van der Waals surface area contributed by atoms with Crippen LogP contribution in [0, 0.1) is 0 Å². The Morgan fingerprint density at radius 2 is 0.805 bits per heavy atom. The molecule has 0 heterocycles. The van der Waals surface area contributed by atoms with Crippen molar-refractivity contribution in [3.63, 3.8) is 0 Å². The highest BCUT2D eigenvalue weighted by Gasteiger charge is 2.15. The van der Waals surface area contributed by atoms with Crippen LogP contribution < -0.4 is 0 Å². The van der Waals surface area contributed by atoms with Crippen LogP contribution in [0.15, 0.2) is 0 Å². The van der Waals surface area contributed by atoms with Gasteiger partial charge in [-0.2, -0.15) is 0 Å². The first-order chi connectivity index (χ1) is 20.0. The van der Waals surface area contributed by atoms with Crippen LogP contribution in [0.1, 0.15) is 200 Å². The Hall–Kier alpha value is -0.650. The normalized spacial score (nSPS) is 13.8. The third-order valence-corrected chi connectivity index (χ3v) is 8.51. The van der Waals surface area contributed by atoms with E-state index in [4.69, 9.17) is 4.74 Å². The van der Waals surface area contributed by atoms with Crippen molar-refractivity contribution in [1.82, 2.24) is 0 Å². The van der Waals surface area contributed by atoms with Gasteiger partial charge < -0.3 is 20.1 Å². The van der Waals surface area contributed by atoms with E-state index >= 15 is 0 Å². The monoisotopic (exact) mass is 585 g/mol. The van der Waals surface area contributed by atoms with E-state index in [0.29, 0.717) is 19.4 Å². The van der Waals surface area contributed by atoms with Gasteiger partial charge in [-0.15, -0.1) is 0 Å². The first-order valence-corrected chi connectivity index (χ1v) is 18.2. The zero-order valence-electron chi connectivity index (χ0n) is 27.6. The number of hydrogen-bond donors (Lipinski definition) is 3. The molecule has 3 N–H and O–H groups in total. The number of esters is 1. The molecule has 0 aliphatic heterocycles. The molecule has 0 radical (unpaired) electrons. The Morgan fingerprint density at radius 1 is 0.463 bits per heavy atom. The van der Waals surface area contributed by atoms with Gasteiger partial charge in [0, 0.05) is 6.42 Å². The first-order valence-electron chi connectivity index (χ1n) is 18.2. The molecule has 0 aliphatic rings. The van der Waals surface area contributed by atoms with E-state index in [9.17, 15) is 20.1 Å². The molecule has 5 heteroatoms. The molecule has 0 rings (SSSR count). The van der Waals surface area contributed by atoms with Gasteiger partial charge in [0.15, 0.2) is 0 Å². The fourth-order valence-electron chi connectivity index (χ4n) is 5.60. The van der Waals surface area contributed by atoms with Crippen molar-refractivity contribution in [3.05, 3.63) is 0 Å². The summed E-state index contributed by atoms with van der Waals surface area (Å²) in [5.74, 6) is -0.0493. The Kier molecular flexibility index (Phi) is 31.8. The number of hydrogen-bond acceptors (Lipinski definition) is 5. The van der Waals surface area contributed by atoms with Crippen LogP contribution >= 0.6 is 0 Å². The van der Waals surface area contributed by atoms with Gasteiger partial charge in [-0.3, -0.25) is 4.79 Å². The molecule has 0 aromatic rings. The first kappa shape index (κ1) is 40.4. The van der Waals surface area contributed by atoms with Crippen molar-refractivity contribution < 1.29 is 24.9 Å². The predicted molar refractivity (Wildman–Crippen MR) is 174 cm³/mol. The van der Waals surface area contributed by atoms with Gasteiger partial charge in [0.25, 0.3) is 0 Å². The molecule has 0 saturated heterocycles. The van der Waals surface area contributed by atoms with Crippen molar-refractivity contribution in [2.45, 2.75) is 218 Å². The van der Waals surface area contributed by atoms with E-state index in [1.807, 2.05) is 0 Å². The Labute approximate surface area is 255 Å². The second kappa shape index (κ2) is 32.3. The lowest BCUT2D eigenvalue weighted by molar-refractivity contribution is -0.143. The van der Waals surface area contributed by atoms with E-state index in [0.717, 1.165) is 89.9 Å². The average Bonchev–Trinajstić information content (AvgIpc) is 2.96. The summed E-state index contributed by atoms with van der Waals surface area (Å²) in [6.07, 6.45) is 30.6. The molecule has 41 heavy (non-hydrogen) atoms. The maximum absolute atomic E-state index is 11.9. The molecule has 0 spiro atoms. The Balaban J connectivity index is 3.35. The van der Waals surface area contributed by atoms with Gasteiger partial charge in [0.1, 0.15) is 0 Å². The summed E-state index contributed by atoms with van der Waals surface area (Å²) in [4.78, 5) is 11.9. The average molecular weight is 585 g/mol. The SMILES string of the molecule is CCCCCCCC[C@H](O)[C@@H](O)CCCCCCCCOC(=O)CCCCCCCCCC[C@H](O)CCCCCC. The predicted octanol–water partition coefficient (Wildman–Crippen LogP) is 9.96. The van der Waals surface area contributed by atoms with Crippen LogP contribution in [0.25, 0.3) is 0 Å². The standard InChI is InChI=1S/C36H72O5/c1-3-5-7-9-17-23-29-34(38)35(39)30-24-18-14-15-20-26-32-41-36(40)31-25-19-13-11-10-12-16-22-28-33(37)27-21-8-6-4-2/h33-35,37-39H,3-32H2,1-2H3/t33-,34+,35+/m1/s1. The van der Waals surface area contributed by atoms with Crippen LogP contribution in [0.5, 0.6) is 0 Å². The lowest BCUT2D eigenvalue weighted by Crippen LogP contribution is -2.25. The number of ether oxygens (including phenoxy) is 1. The molecule has 0 aromatic heterocycles. The van der Waals surface area contributed by atoms with Crippen LogP contribution in [-0.2, 0) is 9.53 Å². The molecule has 0 unspecified atom stereocenters. The fraction of sp³-hybridized carbons (Fsp3) is 0.972. The van der Waals surface area contributed by atoms with E-state index in [-0.39, 0.29) is 12.1 Å². The minimum atomic E-state index is -0.578. The summed E-state index contributed by atoms with van der Waals surface area (Å²) >= 11 is 0. The lowest BCUT2D eigenvalue weighted by atomic mass is 9.99. The maximum Gasteiger partial charge on any atom is 0.305 e. The van der Waals surface area contributed by atoms with E-state index in [2.05, 4.69) is 13.8 Å². The van der Waals surface area contributed by atoms with E-state index < -0.39 is 12.2 Å². The van der Waals surface area contributed by atoms with Crippen molar-refractivity contribution in [2.75, 3.05) is 6.61 Å². The van der Waals surface area contributed by atoms with Crippen molar-refractivity contribution in [1.29, 1.82) is 0 Å². The molecule has 0 aliphatic carbocycles. The number of carbonyl (C=O) groups is 1. The summed E-state index contributed by atoms with van der Waals surface area (Å²) in [7, 11) is 0. The van der Waals surface area contributed by atoms with Crippen molar-refractivity contribution in [3.8, 4) is 0 Å². The molecule has 5 nitrogen and oxygen atoms in total. The van der Waals surface area contributed by atoms with Crippen LogP contribution in [-0.4, -0.2) is 46.2 Å². The van der Waals surface area contributed by atoms with Crippen LogP contribution in [0.2, 0.25) is 0 Å². The minimum Gasteiger partial charge on any atom is -0.466 e. The minimum absolute atomic E-state index is 0.0493. The molecule has 0 fully saturated rings. The van der Waals surface area contributed by atoms with Gasteiger partial charge in [0.05, 0.1) is 24.9 Å². The largest absolute Gasteiger partial charge is 0.466 e. The zero-order valence-corrected chi connectivity index (χ0v) is 27.6. The maximum atomic E-state index is 11.9. The Morgan fingerprint density at radius 3 is 1.27 bits per heavy atom. The molecule has 0 saturated carbocycles. The van der Waals surface area contributed by atoms with Crippen LogP contribution in [0.3, 0.4) is 0 Å². The second-order valence-corrected chi connectivity index (χ2v) is 12.7. The van der Waals surface area contributed by atoms with Gasteiger partial charge in [-0.25, -0.2) is 0 Å². The lowest BCUT2D eigenvalue weighted by Gasteiger charge is -2.17.